The molecule has 2 aromatic rings. The molecule has 164 valence electrons. The zero-order chi connectivity index (χ0) is 21.9. The van der Waals surface area contributed by atoms with Gasteiger partial charge in [-0.3, -0.25) is 4.90 Å². The van der Waals surface area contributed by atoms with Crippen molar-refractivity contribution in [3.8, 4) is 5.75 Å². The number of rotatable bonds is 8. The molecule has 0 amide bonds. The lowest BCUT2D eigenvalue weighted by Gasteiger charge is -2.28. The number of hydrogen-bond donors (Lipinski definition) is 1. The van der Waals surface area contributed by atoms with Crippen LogP contribution >= 0.6 is 0 Å². The molecule has 0 saturated carbocycles. The molecular weight excluding hydrogens is 398 g/mol. The second-order valence-electron chi connectivity index (χ2n) is 8.18. The Morgan fingerprint density at radius 1 is 1.07 bits per heavy atom. The third kappa shape index (κ3) is 4.96. The summed E-state index contributed by atoms with van der Waals surface area (Å²) >= 11 is 0. The molecule has 1 heterocycles. The lowest BCUT2D eigenvalue weighted by Crippen LogP contribution is -2.37. The molecule has 0 bridgehead atoms. The summed E-state index contributed by atoms with van der Waals surface area (Å²) in [6.07, 6.45) is 2.30. The van der Waals surface area contributed by atoms with Crippen LogP contribution in [0.2, 0.25) is 0 Å². The molecule has 7 heteroatoms. The van der Waals surface area contributed by atoms with Gasteiger partial charge in [-0.2, -0.15) is 0 Å². The van der Waals surface area contributed by atoms with Crippen LogP contribution in [0.4, 0.5) is 5.69 Å². The van der Waals surface area contributed by atoms with Crippen LogP contribution in [0.15, 0.2) is 41.3 Å². The molecule has 1 atom stereocenters. The summed E-state index contributed by atoms with van der Waals surface area (Å²) in [6.45, 7) is 5.98. The second kappa shape index (κ2) is 9.37. The maximum atomic E-state index is 13.1. The van der Waals surface area contributed by atoms with Gasteiger partial charge in [0.05, 0.1) is 12.0 Å². The van der Waals surface area contributed by atoms with Crippen molar-refractivity contribution in [2.24, 2.45) is 0 Å². The van der Waals surface area contributed by atoms with Crippen LogP contribution in [0.25, 0.3) is 0 Å². The maximum Gasteiger partial charge on any atom is 0.240 e. The molecule has 30 heavy (non-hydrogen) atoms. The van der Waals surface area contributed by atoms with Crippen molar-refractivity contribution in [1.82, 2.24) is 9.62 Å². The number of sulfonamides is 1. The maximum absolute atomic E-state index is 13.1. The summed E-state index contributed by atoms with van der Waals surface area (Å²) in [7, 11) is 1.99. The predicted molar refractivity (Wildman–Crippen MR) is 122 cm³/mol. The van der Waals surface area contributed by atoms with Crippen molar-refractivity contribution in [2.75, 3.05) is 45.7 Å². The van der Waals surface area contributed by atoms with Crippen LogP contribution in [0, 0.1) is 13.8 Å². The third-order valence-electron chi connectivity index (χ3n) is 5.82. The summed E-state index contributed by atoms with van der Waals surface area (Å²) in [5, 5.41) is 0. The number of methoxy groups -OCH3 is 1. The Balaban J connectivity index is 1.84. The summed E-state index contributed by atoms with van der Waals surface area (Å²) in [4.78, 5) is 4.75. The number of anilines is 1. The van der Waals surface area contributed by atoms with Gasteiger partial charge in [-0.25, -0.2) is 13.1 Å². The molecule has 0 unspecified atom stereocenters. The lowest BCUT2D eigenvalue weighted by atomic mass is 10.1. The summed E-state index contributed by atoms with van der Waals surface area (Å²) in [5.41, 5.74) is 3.74. The Morgan fingerprint density at radius 2 is 1.70 bits per heavy atom. The molecule has 1 fully saturated rings. The van der Waals surface area contributed by atoms with Crippen LogP contribution in [0.3, 0.4) is 0 Å². The molecule has 0 aliphatic carbocycles. The molecular formula is C23H33N3O3S. The van der Waals surface area contributed by atoms with E-state index in [0.29, 0.717) is 22.8 Å². The Labute approximate surface area is 180 Å². The Hall–Kier alpha value is -2.09. The van der Waals surface area contributed by atoms with E-state index in [0.717, 1.165) is 42.7 Å². The van der Waals surface area contributed by atoms with Gasteiger partial charge < -0.3 is 9.64 Å². The van der Waals surface area contributed by atoms with Gasteiger partial charge >= 0.3 is 0 Å². The minimum absolute atomic E-state index is 0.0122. The minimum Gasteiger partial charge on any atom is -0.496 e. The number of nitrogens with zero attached hydrogens (tertiary/aromatic N) is 2. The fourth-order valence-corrected chi connectivity index (χ4v) is 5.39. The monoisotopic (exact) mass is 431 g/mol. The SMILES string of the molecule is COc1cc(C)c(S(=O)(=O)NC[C@H](c2ccc(N(C)C)cc2)N2CCCC2)cc1C. The van der Waals surface area contributed by atoms with Gasteiger partial charge in [0, 0.05) is 32.4 Å². The van der Waals surface area contributed by atoms with E-state index in [1.54, 1.807) is 26.2 Å². The number of benzene rings is 2. The molecule has 3 rings (SSSR count). The van der Waals surface area contributed by atoms with Crippen LogP contribution in [-0.2, 0) is 10.0 Å². The number of aryl methyl sites for hydroxylation is 2. The topological polar surface area (TPSA) is 61.9 Å². The zero-order valence-corrected chi connectivity index (χ0v) is 19.4. The van der Waals surface area contributed by atoms with Gasteiger partial charge in [0.1, 0.15) is 5.75 Å². The number of nitrogens with one attached hydrogen (secondary N) is 1. The van der Waals surface area contributed by atoms with Crippen molar-refractivity contribution in [3.63, 3.8) is 0 Å². The fraction of sp³-hybridized carbons (Fsp3) is 0.478. The van der Waals surface area contributed by atoms with Crippen molar-refractivity contribution in [2.45, 2.75) is 37.6 Å². The van der Waals surface area contributed by atoms with Crippen LogP contribution in [0.1, 0.15) is 35.6 Å². The number of hydrogen-bond acceptors (Lipinski definition) is 5. The smallest absolute Gasteiger partial charge is 0.240 e. The first-order valence-electron chi connectivity index (χ1n) is 10.4. The quantitative estimate of drug-likeness (QED) is 0.693. The first-order valence-corrected chi connectivity index (χ1v) is 11.9. The van der Waals surface area contributed by atoms with Gasteiger partial charge in [-0.15, -0.1) is 0 Å². The molecule has 2 aromatic carbocycles. The zero-order valence-electron chi connectivity index (χ0n) is 18.6. The molecule has 1 aliphatic heterocycles. The molecule has 0 radical (unpaired) electrons. The fourth-order valence-electron chi connectivity index (χ4n) is 4.04. The highest BCUT2D eigenvalue weighted by atomic mass is 32.2. The first kappa shape index (κ1) is 22.6. The Kier molecular flexibility index (Phi) is 7.06. The van der Waals surface area contributed by atoms with Gasteiger partial charge in [0.15, 0.2) is 0 Å². The van der Waals surface area contributed by atoms with Crippen LogP contribution in [-0.4, -0.2) is 54.2 Å². The molecule has 6 nitrogen and oxygen atoms in total. The number of ether oxygens (including phenoxy) is 1. The highest BCUT2D eigenvalue weighted by Crippen LogP contribution is 2.28. The van der Waals surface area contributed by atoms with Gasteiger partial charge in [0.2, 0.25) is 10.0 Å². The van der Waals surface area contributed by atoms with E-state index < -0.39 is 10.0 Å². The van der Waals surface area contributed by atoms with E-state index in [1.807, 2.05) is 21.0 Å². The third-order valence-corrected chi connectivity index (χ3v) is 7.39. The Bertz CT molecular complexity index is 966. The van der Waals surface area contributed by atoms with Crippen LogP contribution < -0.4 is 14.4 Å². The van der Waals surface area contributed by atoms with Crippen molar-refractivity contribution in [1.29, 1.82) is 0 Å². The van der Waals surface area contributed by atoms with Crippen molar-refractivity contribution < 1.29 is 13.2 Å². The van der Waals surface area contributed by atoms with Crippen LogP contribution in [0.5, 0.6) is 5.75 Å². The van der Waals surface area contributed by atoms with Gasteiger partial charge in [0.25, 0.3) is 0 Å². The first-order chi connectivity index (χ1) is 14.2. The molecule has 0 spiro atoms. The van der Waals surface area contributed by atoms with Gasteiger partial charge in [-0.1, -0.05) is 12.1 Å². The highest BCUT2D eigenvalue weighted by molar-refractivity contribution is 7.89. The highest BCUT2D eigenvalue weighted by Gasteiger charge is 2.26. The molecule has 1 N–H and O–H groups in total. The average Bonchev–Trinajstić information content (AvgIpc) is 3.24. The average molecular weight is 432 g/mol. The van der Waals surface area contributed by atoms with Crippen molar-refractivity contribution >= 4 is 15.7 Å². The lowest BCUT2D eigenvalue weighted by molar-refractivity contribution is 0.246. The molecule has 0 aromatic heterocycles. The van der Waals surface area contributed by atoms with E-state index in [1.165, 1.54) is 0 Å². The summed E-state index contributed by atoms with van der Waals surface area (Å²) in [5.74, 6) is 0.697. The molecule has 1 aliphatic rings. The minimum atomic E-state index is -3.63. The second-order valence-corrected chi connectivity index (χ2v) is 9.92. The molecule has 1 saturated heterocycles. The normalized spacial score (nSPS) is 15.9. The number of likely N-dealkylation sites (tertiary alicyclic amines) is 1. The van der Waals surface area contributed by atoms with E-state index >= 15 is 0 Å². The van der Waals surface area contributed by atoms with E-state index in [4.69, 9.17) is 4.74 Å². The van der Waals surface area contributed by atoms with E-state index in [9.17, 15) is 8.42 Å². The largest absolute Gasteiger partial charge is 0.496 e. The summed E-state index contributed by atoms with van der Waals surface area (Å²) < 4.78 is 34.4. The van der Waals surface area contributed by atoms with Gasteiger partial charge in [-0.05, 0) is 80.7 Å². The Morgan fingerprint density at radius 3 is 2.27 bits per heavy atom. The summed E-state index contributed by atoms with van der Waals surface area (Å²) in [6, 6.07) is 11.9. The predicted octanol–water partition coefficient (Wildman–Crippen LogP) is 3.49. The van der Waals surface area contributed by atoms with E-state index in [-0.39, 0.29) is 6.04 Å². The van der Waals surface area contributed by atoms with Crippen molar-refractivity contribution in [3.05, 3.63) is 53.1 Å². The van der Waals surface area contributed by atoms with E-state index in [2.05, 4.69) is 38.8 Å². The standard InChI is InChI=1S/C23H33N3O3S/c1-17-15-23(18(2)14-22(17)29-5)30(27,28)24-16-21(26-12-6-7-13-26)19-8-10-20(11-9-19)25(3)4/h8-11,14-15,21,24H,6-7,12-13,16H2,1-5H3/t21-/m1/s1.